The first-order valence-corrected chi connectivity index (χ1v) is 11.3. The number of nitrogens with zero attached hydrogens (tertiary/aromatic N) is 1. The van der Waals surface area contributed by atoms with Crippen LogP contribution in [0.15, 0.2) is 47.9 Å². The molecule has 2 aromatic rings. The largest absolute Gasteiger partial charge is 0.480 e. The second-order valence-electron chi connectivity index (χ2n) is 7.35. The number of aliphatic carboxylic acids is 1. The molecule has 0 saturated carbocycles. The quantitative estimate of drug-likeness (QED) is 0.407. The molecule has 2 unspecified atom stereocenters. The zero-order valence-corrected chi connectivity index (χ0v) is 18.6. The van der Waals surface area contributed by atoms with Crippen LogP contribution in [0.25, 0.3) is 0 Å². The summed E-state index contributed by atoms with van der Waals surface area (Å²) in [6, 6.07) is 7.61. The summed E-state index contributed by atoms with van der Waals surface area (Å²) in [5.41, 5.74) is 1.15. The van der Waals surface area contributed by atoms with Crippen LogP contribution >= 0.6 is 11.3 Å². The number of carbonyl (C=O) groups excluding carboxylic acids is 3. The van der Waals surface area contributed by atoms with Gasteiger partial charge >= 0.3 is 5.97 Å². The van der Waals surface area contributed by atoms with Crippen molar-refractivity contribution in [2.24, 2.45) is 0 Å². The van der Waals surface area contributed by atoms with Gasteiger partial charge in [0, 0.05) is 18.3 Å². The van der Waals surface area contributed by atoms with E-state index in [2.05, 4.69) is 26.3 Å². The molecule has 0 fully saturated rings. The maximum absolute atomic E-state index is 13.2. The SMILES string of the molecule is O=C(O)CNC(=O)C1C/C=C/CCNC(=O)c2csc(n2)NC(Cc2ccccc2)C(=O)N1. The van der Waals surface area contributed by atoms with Gasteiger partial charge in [-0.15, -0.1) is 11.3 Å². The summed E-state index contributed by atoms with van der Waals surface area (Å²) in [6.45, 7) is -0.164. The smallest absolute Gasteiger partial charge is 0.322 e. The van der Waals surface area contributed by atoms with Crippen molar-refractivity contribution in [1.82, 2.24) is 20.9 Å². The molecule has 1 aliphatic rings. The average molecular weight is 472 g/mol. The van der Waals surface area contributed by atoms with Gasteiger partial charge in [-0.1, -0.05) is 42.5 Å². The van der Waals surface area contributed by atoms with E-state index < -0.39 is 36.4 Å². The van der Waals surface area contributed by atoms with Crippen LogP contribution in [0.4, 0.5) is 5.13 Å². The van der Waals surface area contributed by atoms with E-state index in [0.717, 1.165) is 5.56 Å². The Morgan fingerprint density at radius 2 is 1.94 bits per heavy atom. The zero-order valence-electron chi connectivity index (χ0n) is 17.7. The molecule has 11 heteroatoms. The molecule has 2 bridgehead atoms. The van der Waals surface area contributed by atoms with Gasteiger partial charge in [-0.25, -0.2) is 4.98 Å². The van der Waals surface area contributed by atoms with E-state index in [1.165, 1.54) is 11.3 Å². The van der Waals surface area contributed by atoms with Crippen molar-refractivity contribution in [1.29, 1.82) is 0 Å². The Bertz CT molecular complexity index is 1020. The lowest BCUT2D eigenvalue weighted by Gasteiger charge is -2.22. The Kier molecular flexibility index (Phi) is 8.53. The Labute approximate surface area is 194 Å². The molecule has 0 saturated heterocycles. The third-order valence-corrected chi connectivity index (χ3v) is 5.59. The van der Waals surface area contributed by atoms with Gasteiger partial charge in [0.25, 0.3) is 5.91 Å². The first-order chi connectivity index (χ1) is 15.9. The summed E-state index contributed by atoms with van der Waals surface area (Å²) in [6.07, 6.45) is 4.51. The third kappa shape index (κ3) is 7.42. The van der Waals surface area contributed by atoms with Gasteiger partial charge < -0.3 is 26.4 Å². The summed E-state index contributed by atoms with van der Waals surface area (Å²) < 4.78 is 0. The third-order valence-electron chi connectivity index (χ3n) is 4.82. The summed E-state index contributed by atoms with van der Waals surface area (Å²) in [4.78, 5) is 53.1. The minimum Gasteiger partial charge on any atom is -0.480 e. The highest BCUT2D eigenvalue weighted by molar-refractivity contribution is 7.13. The maximum atomic E-state index is 13.2. The molecule has 33 heavy (non-hydrogen) atoms. The predicted octanol–water partition coefficient (Wildman–Crippen LogP) is 0.932. The van der Waals surface area contributed by atoms with Crippen molar-refractivity contribution in [3.8, 4) is 0 Å². The van der Waals surface area contributed by atoms with Gasteiger partial charge in [0.2, 0.25) is 11.8 Å². The number of hydrogen-bond acceptors (Lipinski definition) is 7. The Morgan fingerprint density at radius 3 is 2.70 bits per heavy atom. The maximum Gasteiger partial charge on any atom is 0.322 e. The molecule has 2 atom stereocenters. The topological polar surface area (TPSA) is 150 Å². The predicted molar refractivity (Wildman–Crippen MR) is 123 cm³/mol. The summed E-state index contributed by atoms with van der Waals surface area (Å²) in [5, 5.41) is 21.7. The van der Waals surface area contributed by atoms with Crippen molar-refractivity contribution in [2.75, 3.05) is 18.4 Å². The molecule has 1 aromatic carbocycles. The number of aromatic nitrogens is 1. The van der Waals surface area contributed by atoms with Gasteiger partial charge in [0.1, 0.15) is 24.3 Å². The number of benzene rings is 1. The fraction of sp³-hybridized carbons (Fsp3) is 0.318. The Balaban J connectivity index is 1.85. The van der Waals surface area contributed by atoms with E-state index in [4.69, 9.17) is 5.11 Å². The summed E-state index contributed by atoms with van der Waals surface area (Å²) in [5.74, 6) is -2.53. The van der Waals surface area contributed by atoms with E-state index in [-0.39, 0.29) is 18.0 Å². The lowest BCUT2D eigenvalue weighted by Crippen LogP contribution is -2.52. The number of carboxylic acids is 1. The molecule has 0 aliphatic carbocycles. The highest BCUT2D eigenvalue weighted by atomic mass is 32.1. The van der Waals surface area contributed by atoms with E-state index in [0.29, 0.717) is 24.5 Å². The average Bonchev–Trinajstić information content (AvgIpc) is 3.27. The van der Waals surface area contributed by atoms with Gasteiger partial charge in [0.05, 0.1) is 0 Å². The van der Waals surface area contributed by atoms with Gasteiger partial charge in [0.15, 0.2) is 5.13 Å². The lowest BCUT2D eigenvalue weighted by atomic mass is 10.0. The summed E-state index contributed by atoms with van der Waals surface area (Å²) in [7, 11) is 0. The van der Waals surface area contributed by atoms with Crippen LogP contribution in [0, 0.1) is 0 Å². The monoisotopic (exact) mass is 471 g/mol. The number of thiazole rings is 1. The standard InChI is InChI=1S/C22H25N5O5S/c28-18(29)12-24-19(30)15-9-5-2-6-10-23-20(31)17-13-33-22(27-17)26-16(21(32)25-15)11-14-7-3-1-4-8-14/h1-5,7-8,13,15-16H,6,9-12H2,(H,23,31)(H,24,30)(H,25,32)(H,26,27)(H,28,29)/b5-2+. The number of anilines is 1. The van der Waals surface area contributed by atoms with Gasteiger partial charge in [-0.05, 0) is 18.4 Å². The Morgan fingerprint density at radius 1 is 1.15 bits per heavy atom. The fourth-order valence-electron chi connectivity index (χ4n) is 3.15. The van der Waals surface area contributed by atoms with E-state index in [9.17, 15) is 19.2 Å². The molecule has 174 valence electrons. The number of carbonyl (C=O) groups is 4. The molecule has 3 rings (SSSR count). The minimum atomic E-state index is -1.18. The van der Waals surface area contributed by atoms with Crippen LogP contribution in [0.3, 0.4) is 0 Å². The molecule has 5 N–H and O–H groups in total. The normalized spacial score (nSPS) is 20.2. The van der Waals surface area contributed by atoms with Crippen LogP contribution < -0.4 is 21.3 Å². The number of nitrogens with one attached hydrogen (secondary N) is 4. The first kappa shape index (κ1) is 23.9. The number of amides is 3. The second kappa shape index (κ2) is 11.8. The minimum absolute atomic E-state index is 0.171. The van der Waals surface area contributed by atoms with Crippen LogP contribution in [0.1, 0.15) is 28.9 Å². The zero-order chi connectivity index (χ0) is 23.6. The molecular weight excluding hydrogens is 446 g/mol. The molecule has 1 aromatic heterocycles. The van der Waals surface area contributed by atoms with E-state index in [1.54, 1.807) is 17.5 Å². The number of rotatable bonds is 5. The summed E-state index contributed by atoms with van der Waals surface area (Å²) >= 11 is 1.20. The molecule has 2 heterocycles. The highest BCUT2D eigenvalue weighted by Crippen LogP contribution is 2.18. The molecule has 10 nitrogen and oxygen atoms in total. The number of carboxylic acid groups (broad SMARTS) is 1. The lowest BCUT2D eigenvalue weighted by molar-refractivity contribution is -0.138. The van der Waals surface area contributed by atoms with E-state index >= 15 is 0 Å². The van der Waals surface area contributed by atoms with Crippen molar-refractivity contribution < 1.29 is 24.3 Å². The van der Waals surface area contributed by atoms with Crippen molar-refractivity contribution in [2.45, 2.75) is 31.3 Å². The Hall–Kier alpha value is -3.73. The molecular formula is C22H25N5O5S. The van der Waals surface area contributed by atoms with Crippen LogP contribution in [0.2, 0.25) is 0 Å². The molecule has 0 radical (unpaired) electrons. The van der Waals surface area contributed by atoms with Crippen molar-refractivity contribution in [3.05, 3.63) is 59.1 Å². The van der Waals surface area contributed by atoms with Crippen molar-refractivity contribution in [3.63, 3.8) is 0 Å². The highest BCUT2D eigenvalue weighted by Gasteiger charge is 2.26. The van der Waals surface area contributed by atoms with Crippen molar-refractivity contribution >= 4 is 40.2 Å². The number of fused-ring (bicyclic) bond motifs is 2. The number of hydrogen-bond donors (Lipinski definition) is 5. The van der Waals surface area contributed by atoms with E-state index in [1.807, 2.05) is 30.3 Å². The molecule has 3 amide bonds. The molecule has 0 spiro atoms. The van der Waals surface area contributed by atoms with Crippen LogP contribution in [-0.2, 0) is 20.8 Å². The fourth-order valence-corrected chi connectivity index (χ4v) is 3.90. The van der Waals surface area contributed by atoms with Gasteiger partial charge in [-0.2, -0.15) is 0 Å². The van der Waals surface area contributed by atoms with Crippen LogP contribution in [0.5, 0.6) is 0 Å². The first-order valence-electron chi connectivity index (χ1n) is 10.4. The second-order valence-corrected chi connectivity index (χ2v) is 8.21. The van der Waals surface area contributed by atoms with Gasteiger partial charge in [-0.3, -0.25) is 19.2 Å². The molecule has 1 aliphatic heterocycles. The van der Waals surface area contributed by atoms with Crippen LogP contribution in [-0.4, -0.2) is 59.0 Å².